The van der Waals surface area contributed by atoms with Gasteiger partial charge in [0.1, 0.15) is 11.5 Å². The zero-order chi connectivity index (χ0) is 18.8. The van der Waals surface area contributed by atoms with Crippen molar-refractivity contribution in [1.82, 2.24) is 10.6 Å². The van der Waals surface area contributed by atoms with E-state index < -0.39 is 24.5 Å². The van der Waals surface area contributed by atoms with Crippen LogP contribution < -0.4 is 20.1 Å². The lowest BCUT2D eigenvalue weighted by atomic mass is 9.96. The SMILES string of the molecule is COc1ccc(OCC(=O)OCC(=O)NC(=O)NC2CCCCC2)cc1. The maximum atomic E-state index is 11.7. The van der Waals surface area contributed by atoms with Gasteiger partial charge in [0.05, 0.1) is 7.11 Å². The third-order valence-corrected chi connectivity index (χ3v) is 3.97. The van der Waals surface area contributed by atoms with Crippen molar-refractivity contribution < 1.29 is 28.6 Å². The monoisotopic (exact) mass is 364 g/mol. The predicted octanol–water partition coefficient (Wildman–Crippen LogP) is 1.78. The zero-order valence-electron chi connectivity index (χ0n) is 14.8. The molecule has 1 aliphatic carbocycles. The summed E-state index contributed by atoms with van der Waals surface area (Å²) >= 11 is 0. The third-order valence-electron chi connectivity index (χ3n) is 3.97. The average molecular weight is 364 g/mol. The summed E-state index contributed by atoms with van der Waals surface area (Å²) in [6.07, 6.45) is 5.15. The van der Waals surface area contributed by atoms with Crippen molar-refractivity contribution in [2.75, 3.05) is 20.3 Å². The maximum absolute atomic E-state index is 11.7. The molecule has 8 nitrogen and oxygen atoms in total. The second kappa shape index (κ2) is 10.3. The van der Waals surface area contributed by atoms with Gasteiger partial charge < -0.3 is 19.5 Å². The highest BCUT2D eigenvalue weighted by atomic mass is 16.6. The molecule has 0 aliphatic heterocycles. The molecule has 8 heteroatoms. The Hall–Kier alpha value is -2.77. The van der Waals surface area contributed by atoms with Crippen molar-refractivity contribution in [3.05, 3.63) is 24.3 Å². The van der Waals surface area contributed by atoms with E-state index in [1.165, 1.54) is 6.42 Å². The number of imide groups is 1. The van der Waals surface area contributed by atoms with Gasteiger partial charge in [-0.2, -0.15) is 0 Å². The average Bonchev–Trinajstić information content (AvgIpc) is 2.65. The predicted molar refractivity (Wildman–Crippen MR) is 93.0 cm³/mol. The van der Waals surface area contributed by atoms with E-state index in [1.54, 1.807) is 31.4 Å². The summed E-state index contributed by atoms with van der Waals surface area (Å²) in [5.74, 6) is -0.248. The second-order valence-corrected chi connectivity index (χ2v) is 5.98. The van der Waals surface area contributed by atoms with Crippen LogP contribution in [0.25, 0.3) is 0 Å². The summed E-state index contributed by atoms with van der Waals surface area (Å²) < 4.78 is 15.0. The Kier molecular flexibility index (Phi) is 7.73. The molecule has 2 rings (SSSR count). The highest BCUT2D eigenvalue weighted by Crippen LogP contribution is 2.17. The molecule has 142 valence electrons. The molecule has 1 aromatic rings. The van der Waals surface area contributed by atoms with Crippen molar-refractivity contribution in [2.24, 2.45) is 0 Å². The molecule has 0 spiro atoms. The maximum Gasteiger partial charge on any atom is 0.344 e. The normalized spacial score (nSPS) is 14.2. The number of esters is 1. The number of nitrogens with one attached hydrogen (secondary N) is 2. The highest BCUT2D eigenvalue weighted by molar-refractivity contribution is 5.95. The Bertz CT molecular complexity index is 611. The summed E-state index contributed by atoms with van der Waals surface area (Å²) in [6, 6.07) is 6.21. The van der Waals surface area contributed by atoms with Crippen LogP contribution in [0.15, 0.2) is 24.3 Å². The van der Waals surface area contributed by atoms with E-state index in [9.17, 15) is 14.4 Å². The number of amides is 3. The Labute approximate surface area is 152 Å². The summed E-state index contributed by atoms with van der Waals surface area (Å²) in [5.41, 5.74) is 0. The van der Waals surface area contributed by atoms with Crippen LogP contribution in [-0.2, 0) is 14.3 Å². The molecule has 26 heavy (non-hydrogen) atoms. The lowest BCUT2D eigenvalue weighted by Gasteiger charge is -2.22. The number of carbonyl (C=O) groups excluding carboxylic acids is 3. The molecule has 0 aromatic heterocycles. The van der Waals surface area contributed by atoms with Crippen LogP contribution >= 0.6 is 0 Å². The van der Waals surface area contributed by atoms with Gasteiger partial charge in [0.15, 0.2) is 13.2 Å². The molecule has 0 saturated heterocycles. The van der Waals surface area contributed by atoms with Gasteiger partial charge in [-0.05, 0) is 37.1 Å². The number of carbonyl (C=O) groups is 3. The van der Waals surface area contributed by atoms with Gasteiger partial charge in [0.25, 0.3) is 5.91 Å². The molecule has 2 N–H and O–H groups in total. The van der Waals surface area contributed by atoms with Crippen molar-refractivity contribution in [1.29, 1.82) is 0 Å². The Morgan fingerprint density at radius 3 is 2.31 bits per heavy atom. The van der Waals surface area contributed by atoms with Crippen LogP contribution in [0, 0.1) is 0 Å². The first-order chi connectivity index (χ1) is 12.6. The van der Waals surface area contributed by atoms with Crippen molar-refractivity contribution >= 4 is 17.9 Å². The lowest BCUT2D eigenvalue weighted by molar-refractivity contribution is -0.150. The molecule has 1 saturated carbocycles. The highest BCUT2D eigenvalue weighted by Gasteiger charge is 2.17. The minimum absolute atomic E-state index is 0.0944. The first-order valence-electron chi connectivity index (χ1n) is 8.59. The van der Waals surface area contributed by atoms with Crippen LogP contribution in [0.4, 0.5) is 4.79 Å². The van der Waals surface area contributed by atoms with Crippen LogP contribution in [0.5, 0.6) is 11.5 Å². The number of urea groups is 1. The van der Waals surface area contributed by atoms with Gasteiger partial charge >= 0.3 is 12.0 Å². The molecular formula is C18H24N2O6. The number of hydrogen-bond acceptors (Lipinski definition) is 6. The molecule has 1 aromatic carbocycles. The minimum Gasteiger partial charge on any atom is -0.497 e. The topological polar surface area (TPSA) is 103 Å². The van der Waals surface area contributed by atoms with Crippen LogP contribution in [0.3, 0.4) is 0 Å². The molecular weight excluding hydrogens is 340 g/mol. The Morgan fingerprint density at radius 2 is 1.65 bits per heavy atom. The van der Waals surface area contributed by atoms with E-state index in [-0.39, 0.29) is 12.6 Å². The second-order valence-electron chi connectivity index (χ2n) is 5.98. The lowest BCUT2D eigenvalue weighted by Crippen LogP contribution is -2.46. The van der Waals surface area contributed by atoms with Gasteiger partial charge in [-0.1, -0.05) is 19.3 Å². The fraction of sp³-hybridized carbons (Fsp3) is 0.500. The molecule has 0 unspecified atom stereocenters. The van der Waals surface area contributed by atoms with Crippen LogP contribution in [0.2, 0.25) is 0 Å². The smallest absolute Gasteiger partial charge is 0.344 e. The third kappa shape index (κ3) is 7.00. The first-order valence-corrected chi connectivity index (χ1v) is 8.59. The summed E-state index contributed by atoms with van der Waals surface area (Å²) in [5, 5.41) is 4.90. The number of hydrogen-bond donors (Lipinski definition) is 2. The number of rotatable bonds is 7. The minimum atomic E-state index is -0.705. The van der Waals surface area contributed by atoms with Gasteiger partial charge in [-0.25, -0.2) is 9.59 Å². The Balaban J connectivity index is 1.61. The van der Waals surface area contributed by atoms with E-state index in [4.69, 9.17) is 14.2 Å². The van der Waals surface area contributed by atoms with Crippen molar-refractivity contribution in [3.63, 3.8) is 0 Å². The number of methoxy groups -OCH3 is 1. The summed E-state index contributed by atoms with van der Waals surface area (Å²) in [4.78, 5) is 34.9. The van der Waals surface area contributed by atoms with Gasteiger partial charge in [-0.3, -0.25) is 10.1 Å². The standard InChI is InChI=1S/C18H24N2O6/c1-24-14-7-9-15(10-8-14)25-12-17(22)26-11-16(21)20-18(23)19-13-5-3-2-4-6-13/h7-10,13H,2-6,11-12H2,1H3,(H2,19,20,21,23). The van der Waals surface area contributed by atoms with Crippen LogP contribution in [0.1, 0.15) is 32.1 Å². The largest absolute Gasteiger partial charge is 0.497 e. The summed E-state index contributed by atoms with van der Waals surface area (Å²) in [7, 11) is 1.55. The molecule has 1 aliphatic rings. The van der Waals surface area contributed by atoms with Gasteiger partial charge in [0.2, 0.25) is 0 Å². The van der Waals surface area contributed by atoms with E-state index in [2.05, 4.69) is 10.6 Å². The molecule has 0 heterocycles. The van der Waals surface area contributed by atoms with Crippen molar-refractivity contribution in [2.45, 2.75) is 38.1 Å². The molecule has 3 amide bonds. The van der Waals surface area contributed by atoms with E-state index in [1.807, 2.05) is 0 Å². The number of benzene rings is 1. The van der Waals surface area contributed by atoms with Crippen molar-refractivity contribution in [3.8, 4) is 11.5 Å². The van der Waals surface area contributed by atoms with Gasteiger partial charge in [0, 0.05) is 6.04 Å². The number of ether oxygens (including phenoxy) is 3. The summed E-state index contributed by atoms with van der Waals surface area (Å²) in [6.45, 7) is -0.878. The van der Waals surface area contributed by atoms with E-state index >= 15 is 0 Å². The van der Waals surface area contributed by atoms with E-state index in [0.717, 1.165) is 25.7 Å². The molecule has 0 bridgehead atoms. The van der Waals surface area contributed by atoms with Crippen LogP contribution in [-0.4, -0.2) is 44.3 Å². The molecule has 0 atom stereocenters. The Morgan fingerprint density at radius 1 is 1.00 bits per heavy atom. The fourth-order valence-corrected chi connectivity index (χ4v) is 2.63. The fourth-order valence-electron chi connectivity index (χ4n) is 2.63. The molecule has 1 fully saturated rings. The first kappa shape index (κ1) is 19.6. The van der Waals surface area contributed by atoms with Gasteiger partial charge in [-0.15, -0.1) is 0 Å². The zero-order valence-corrected chi connectivity index (χ0v) is 14.8. The van der Waals surface area contributed by atoms with E-state index in [0.29, 0.717) is 11.5 Å². The molecule has 0 radical (unpaired) electrons. The quantitative estimate of drug-likeness (QED) is 0.715.